The molecule has 0 saturated heterocycles. The molecule has 1 atom stereocenters. The number of nitrogens with zero attached hydrogens (tertiary/aromatic N) is 2. The molecule has 0 amide bonds. The minimum absolute atomic E-state index is 0.0193. The Kier molecular flexibility index (Phi) is 5.86. The van der Waals surface area contributed by atoms with E-state index in [0.29, 0.717) is 0 Å². The molecule has 21 heavy (non-hydrogen) atoms. The van der Waals surface area contributed by atoms with Crippen molar-refractivity contribution in [3.63, 3.8) is 0 Å². The Hall–Kier alpha value is -0.390. The highest BCUT2D eigenvalue weighted by Crippen LogP contribution is 2.35. The number of halogens is 1. The molecule has 0 radical (unpaired) electrons. The van der Waals surface area contributed by atoms with Crippen LogP contribution >= 0.6 is 15.9 Å². The molecule has 0 aromatic carbocycles. The van der Waals surface area contributed by atoms with Crippen molar-refractivity contribution in [3.8, 4) is 0 Å². The van der Waals surface area contributed by atoms with Crippen LogP contribution in [-0.4, -0.2) is 28.5 Å². The van der Waals surface area contributed by atoms with E-state index in [0.717, 1.165) is 42.4 Å². The van der Waals surface area contributed by atoms with Crippen LogP contribution < -0.4 is 5.73 Å². The smallest absolute Gasteiger partial charge is 0.0832 e. The maximum absolute atomic E-state index is 6.58. The van der Waals surface area contributed by atoms with Gasteiger partial charge in [-0.15, -0.1) is 0 Å². The normalized spacial score (nSPS) is 19.7. The quantitative estimate of drug-likeness (QED) is 0.848. The van der Waals surface area contributed by atoms with Gasteiger partial charge in [0.25, 0.3) is 0 Å². The van der Waals surface area contributed by atoms with Crippen LogP contribution in [0.15, 0.2) is 4.47 Å². The molecule has 1 heterocycles. The van der Waals surface area contributed by atoms with E-state index >= 15 is 0 Å². The van der Waals surface area contributed by atoms with E-state index in [4.69, 9.17) is 10.5 Å². The Morgan fingerprint density at radius 3 is 2.52 bits per heavy atom. The Morgan fingerprint density at radius 1 is 1.33 bits per heavy atom. The molecule has 1 aromatic heterocycles. The third-order valence-corrected chi connectivity index (χ3v) is 5.80. The molecule has 2 N–H and O–H groups in total. The van der Waals surface area contributed by atoms with Crippen LogP contribution in [0.4, 0.5) is 0 Å². The largest absolute Gasteiger partial charge is 0.377 e. The predicted molar refractivity (Wildman–Crippen MR) is 89.5 cm³/mol. The second-order valence-electron chi connectivity index (χ2n) is 6.02. The van der Waals surface area contributed by atoms with Crippen LogP contribution in [-0.2, 0) is 24.1 Å². The fraction of sp³-hybridized carbons (Fsp3) is 0.812. The topological polar surface area (TPSA) is 53.1 Å². The first-order valence-electron chi connectivity index (χ1n) is 8.12. The van der Waals surface area contributed by atoms with Crippen molar-refractivity contribution in [1.82, 2.24) is 9.78 Å². The first-order valence-corrected chi connectivity index (χ1v) is 8.92. The second-order valence-corrected chi connectivity index (χ2v) is 6.81. The van der Waals surface area contributed by atoms with Gasteiger partial charge in [-0.2, -0.15) is 5.10 Å². The monoisotopic (exact) mass is 357 g/mol. The Labute approximate surface area is 136 Å². The third kappa shape index (κ3) is 3.35. The van der Waals surface area contributed by atoms with Crippen molar-refractivity contribution in [3.05, 3.63) is 15.9 Å². The first-order chi connectivity index (χ1) is 10.1. The molecule has 4 nitrogen and oxygen atoms in total. The third-order valence-electron chi connectivity index (χ3n) is 4.89. The number of aryl methyl sites for hydroxylation is 2. The lowest BCUT2D eigenvalue weighted by molar-refractivity contribution is -0.0586. The van der Waals surface area contributed by atoms with E-state index in [9.17, 15) is 0 Å². The van der Waals surface area contributed by atoms with Gasteiger partial charge in [0.1, 0.15) is 0 Å². The van der Waals surface area contributed by atoms with Crippen molar-refractivity contribution >= 4 is 15.9 Å². The average molecular weight is 358 g/mol. The van der Waals surface area contributed by atoms with E-state index in [1.165, 1.54) is 25.0 Å². The molecule has 0 spiro atoms. The summed E-state index contributed by atoms with van der Waals surface area (Å²) >= 11 is 3.72. The molecular weight excluding hydrogens is 330 g/mol. The summed E-state index contributed by atoms with van der Waals surface area (Å²) < 4.78 is 9.10. The lowest BCUT2D eigenvalue weighted by atomic mass is 9.78. The van der Waals surface area contributed by atoms with Gasteiger partial charge in [-0.1, -0.05) is 26.2 Å². The number of nitrogens with two attached hydrogens (primary N) is 1. The number of rotatable bonds is 6. The van der Waals surface area contributed by atoms with Gasteiger partial charge in [0.15, 0.2) is 0 Å². The molecule has 1 aliphatic rings. The van der Waals surface area contributed by atoms with Gasteiger partial charge < -0.3 is 10.5 Å². The molecule has 1 aromatic rings. The van der Waals surface area contributed by atoms with Gasteiger partial charge in [0.2, 0.25) is 0 Å². The molecule has 5 heteroatoms. The maximum atomic E-state index is 6.58. The number of hydrogen-bond donors (Lipinski definition) is 1. The van der Waals surface area contributed by atoms with Crippen molar-refractivity contribution in [1.29, 1.82) is 0 Å². The van der Waals surface area contributed by atoms with Gasteiger partial charge in [-0.25, -0.2) is 0 Å². The standard InChI is InChI=1S/C16H28BrN3O/c1-4-12-15(17)13(20(5-2)19-12)11-14(18)16(21-3)9-7-6-8-10-16/h14H,4-11,18H2,1-3H3. The highest BCUT2D eigenvalue weighted by molar-refractivity contribution is 9.10. The van der Waals surface area contributed by atoms with Crippen LogP contribution in [0.5, 0.6) is 0 Å². The van der Waals surface area contributed by atoms with E-state index in [2.05, 4.69) is 39.6 Å². The van der Waals surface area contributed by atoms with Crippen molar-refractivity contribution in [2.45, 2.75) is 77.0 Å². The summed E-state index contributed by atoms with van der Waals surface area (Å²) in [6.07, 6.45) is 7.63. The zero-order chi connectivity index (χ0) is 15.5. The Bertz CT molecular complexity index is 466. The van der Waals surface area contributed by atoms with Gasteiger partial charge in [0.05, 0.1) is 21.5 Å². The highest BCUT2D eigenvalue weighted by Gasteiger charge is 2.38. The minimum atomic E-state index is -0.160. The SMILES string of the molecule is CCc1nn(CC)c(CC(N)C2(OC)CCCCC2)c1Br. The van der Waals surface area contributed by atoms with Crippen LogP contribution in [0.25, 0.3) is 0 Å². The summed E-state index contributed by atoms with van der Waals surface area (Å²) in [4.78, 5) is 0. The Morgan fingerprint density at radius 2 is 2.00 bits per heavy atom. The molecule has 0 aliphatic heterocycles. The van der Waals surface area contributed by atoms with Crippen LogP contribution in [0.2, 0.25) is 0 Å². The van der Waals surface area contributed by atoms with E-state index in [1.807, 2.05) is 7.11 Å². The van der Waals surface area contributed by atoms with Crippen molar-refractivity contribution in [2.24, 2.45) is 5.73 Å². The van der Waals surface area contributed by atoms with Crippen LogP contribution in [0.3, 0.4) is 0 Å². The van der Waals surface area contributed by atoms with Crippen molar-refractivity contribution in [2.75, 3.05) is 7.11 Å². The summed E-state index contributed by atoms with van der Waals surface area (Å²) in [7, 11) is 1.81. The molecule has 1 unspecified atom stereocenters. The molecule has 0 bridgehead atoms. The lowest BCUT2D eigenvalue weighted by Crippen LogP contribution is -2.52. The van der Waals surface area contributed by atoms with Crippen molar-refractivity contribution < 1.29 is 4.74 Å². The molecule has 120 valence electrons. The summed E-state index contributed by atoms with van der Waals surface area (Å²) in [5.41, 5.74) is 8.75. The summed E-state index contributed by atoms with van der Waals surface area (Å²) in [6, 6.07) is 0.0193. The number of methoxy groups -OCH3 is 1. The second kappa shape index (κ2) is 7.25. The summed E-state index contributed by atoms with van der Waals surface area (Å²) in [5.74, 6) is 0. The van der Waals surface area contributed by atoms with Crippen LogP contribution in [0, 0.1) is 0 Å². The van der Waals surface area contributed by atoms with Gasteiger partial charge in [-0.05, 0) is 42.1 Å². The summed E-state index contributed by atoms with van der Waals surface area (Å²) in [6.45, 7) is 5.13. The maximum Gasteiger partial charge on any atom is 0.0832 e. The van der Waals surface area contributed by atoms with Gasteiger partial charge in [0, 0.05) is 26.1 Å². The number of aromatic nitrogens is 2. The first kappa shape index (κ1) is 17.0. The molecule has 1 fully saturated rings. The minimum Gasteiger partial charge on any atom is -0.377 e. The summed E-state index contributed by atoms with van der Waals surface area (Å²) in [5, 5.41) is 4.67. The van der Waals surface area contributed by atoms with Gasteiger partial charge in [-0.3, -0.25) is 4.68 Å². The zero-order valence-electron chi connectivity index (χ0n) is 13.5. The average Bonchev–Trinajstić information content (AvgIpc) is 2.83. The molecule has 1 aliphatic carbocycles. The fourth-order valence-electron chi connectivity index (χ4n) is 3.48. The zero-order valence-corrected chi connectivity index (χ0v) is 15.1. The fourth-order valence-corrected chi connectivity index (χ4v) is 4.21. The number of hydrogen-bond acceptors (Lipinski definition) is 3. The Balaban J connectivity index is 2.22. The molecule has 1 saturated carbocycles. The molecule has 2 rings (SSSR count). The van der Waals surface area contributed by atoms with E-state index in [1.54, 1.807) is 0 Å². The number of ether oxygens (including phenoxy) is 1. The van der Waals surface area contributed by atoms with Crippen LogP contribution in [0.1, 0.15) is 57.3 Å². The lowest BCUT2D eigenvalue weighted by Gasteiger charge is -2.41. The van der Waals surface area contributed by atoms with E-state index in [-0.39, 0.29) is 11.6 Å². The van der Waals surface area contributed by atoms with Gasteiger partial charge >= 0.3 is 0 Å². The molecular formula is C16H28BrN3O. The van der Waals surface area contributed by atoms with E-state index < -0.39 is 0 Å². The highest BCUT2D eigenvalue weighted by atomic mass is 79.9. The predicted octanol–water partition coefficient (Wildman–Crippen LogP) is 3.45.